The average molecular weight is 957 g/mol. The highest BCUT2D eigenvalue weighted by molar-refractivity contribution is 7.00. The van der Waals surface area contributed by atoms with E-state index in [0.717, 1.165) is 128 Å². The molecule has 0 saturated heterocycles. The van der Waals surface area contributed by atoms with Crippen LogP contribution in [-0.4, -0.2) is 19.9 Å². The molecule has 0 atom stereocenters. The van der Waals surface area contributed by atoms with Gasteiger partial charge in [0.05, 0.1) is 5.69 Å². The van der Waals surface area contributed by atoms with E-state index in [-0.39, 0.29) is 12.1 Å². The van der Waals surface area contributed by atoms with Crippen LogP contribution in [0.25, 0.3) is 77.3 Å². The SMILES string of the molecule is Cc1cc2c3c(c1)N(c1cc4c(cc1-c1ccccc1)OCCO4)c1ccc(C(C)(C)C)cc1B3c1cc(-c3ccc4c(c3)oc3ccccc34)ccc1N2c1ccc(-c2ccc3c(c2)oc2ccccc23)cc1. The second-order valence-corrected chi connectivity index (χ2v) is 21.2. The summed E-state index contributed by atoms with van der Waals surface area (Å²) in [7, 11) is 0. The zero-order valence-corrected chi connectivity index (χ0v) is 41.6. The molecule has 0 aliphatic carbocycles. The molecular weight excluding hydrogens is 908 g/mol. The summed E-state index contributed by atoms with van der Waals surface area (Å²) in [5.41, 5.74) is 23.0. The molecule has 74 heavy (non-hydrogen) atoms. The summed E-state index contributed by atoms with van der Waals surface area (Å²) < 4.78 is 25.6. The summed E-state index contributed by atoms with van der Waals surface area (Å²) >= 11 is 0. The molecule has 10 aromatic carbocycles. The highest BCUT2D eigenvalue weighted by atomic mass is 16.6. The Morgan fingerprint density at radius 2 is 0.932 bits per heavy atom. The van der Waals surface area contributed by atoms with Crippen LogP contribution in [-0.2, 0) is 5.41 Å². The van der Waals surface area contributed by atoms with Gasteiger partial charge in [0.15, 0.2) is 11.5 Å². The van der Waals surface area contributed by atoms with E-state index in [1.807, 2.05) is 18.2 Å². The third kappa shape index (κ3) is 6.59. The summed E-state index contributed by atoms with van der Waals surface area (Å²) in [5.74, 6) is 1.51. The molecule has 0 bridgehead atoms. The normalized spacial score (nSPS) is 13.7. The number of anilines is 6. The third-order valence-electron chi connectivity index (χ3n) is 15.6. The molecule has 2 aromatic heterocycles. The van der Waals surface area contributed by atoms with Gasteiger partial charge in [-0.1, -0.05) is 136 Å². The molecule has 0 unspecified atom stereocenters. The molecule has 0 radical (unpaired) electrons. The van der Waals surface area contributed by atoms with Crippen molar-refractivity contribution in [3.05, 3.63) is 211 Å². The van der Waals surface area contributed by atoms with Crippen molar-refractivity contribution >= 4 is 101 Å². The maximum Gasteiger partial charge on any atom is 0.252 e. The van der Waals surface area contributed by atoms with Crippen LogP contribution in [0.5, 0.6) is 11.5 Å². The largest absolute Gasteiger partial charge is 0.486 e. The van der Waals surface area contributed by atoms with Crippen LogP contribution in [0.3, 0.4) is 0 Å². The van der Waals surface area contributed by atoms with Crippen molar-refractivity contribution in [2.75, 3.05) is 23.0 Å². The van der Waals surface area contributed by atoms with Crippen LogP contribution in [0, 0.1) is 6.92 Å². The predicted molar refractivity (Wildman–Crippen MR) is 306 cm³/mol. The zero-order chi connectivity index (χ0) is 49.4. The average Bonchev–Trinajstić information content (AvgIpc) is 4.10. The fraction of sp³-hybridized carbons (Fsp3) is 0.104. The second-order valence-electron chi connectivity index (χ2n) is 21.2. The number of furan rings is 2. The van der Waals surface area contributed by atoms with Gasteiger partial charge in [0.2, 0.25) is 0 Å². The fourth-order valence-electron chi connectivity index (χ4n) is 12.1. The van der Waals surface area contributed by atoms with E-state index in [4.69, 9.17) is 18.3 Å². The minimum absolute atomic E-state index is 0.105. The fourth-order valence-corrected chi connectivity index (χ4v) is 12.1. The van der Waals surface area contributed by atoms with Gasteiger partial charge in [-0.15, -0.1) is 0 Å². The van der Waals surface area contributed by atoms with Crippen LogP contribution < -0.4 is 35.7 Å². The van der Waals surface area contributed by atoms with Crippen LogP contribution >= 0.6 is 0 Å². The van der Waals surface area contributed by atoms with Gasteiger partial charge in [0.25, 0.3) is 6.71 Å². The molecule has 0 saturated carbocycles. The molecule has 0 amide bonds. The molecule has 3 aliphatic rings. The minimum Gasteiger partial charge on any atom is -0.486 e. The lowest BCUT2D eigenvalue weighted by Gasteiger charge is -2.45. The molecule has 7 heteroatoms. The van der Waals surface area contributed by atoms with Gasteiger partial charge in [-0.2, -0.15) is 0 Å². The van der Waals surface area contributed by atoms with Crippen molar-refractivity contribution in [1.82, 2.24) is 0 Å². The van der Waals surface area contributed by atoms with Crippen LogP contribution in [0.4, 0.5) is 34.1 Å². The van der Waals surface area contributed by atoms with Crippen LogP contribution in [0.1, 0.15) is 31.9 Å². The maximum atomic E-state index is 6.49. The lowest BCUT2D eigenvalue weighted by molar-refractivity contribution is 0.172. The quantitative estimate of drug-likeness (QED) is 0.160. The Morgan fingerprint density at radius 3 is 1.61 bits per heavy atom. The molecule has 0 fully saturated rings. The highest BCUT2D eigenvalue weighted by Gasteiger charge is 2.45. The zero-order valence-electron chi connectivity index (χ0n) is 41.6. The number of para-hydroxylation sites is 2. The smallest absolute Gasteiger partial charge is 0.252 e. The first kappa shape index (κ1) is 42.7. The van der Waals surface area contributed by atoms with Crippen LogP contribution in [0.15, 0.2) is 209 Å². The van der Waals surface area contributed by atoms with Gasteiger partial charge in [0, 0.05) is 61.6 Å². The van der Waals surface area contributed by atoms with E-state index in [2.05, 4.69) is 219 Å². The van der Waals surface area contributed by atoms with Crippen molar-refractivity contribution in [1.29, 1.82) is 0 Å². The van der Waals surface area contributed by atoms with Crippen molar-refractivity contribution in [2.24, 2.45) is 0 Å². The van der Waals surface area contributed by atoms with Gasteiger partial charge in [-0.05, 0) is 147 Å². The molecule has 5 heterocycles. The Morgan fingerprint density at radius 1 is 0.405 bits per heavy atom. The van der Waals surface area contributed by atoms with E-state index in [0.29, 0.717) is 13.2 Å². The van der Waals surface area contributed by atoms with Crippen molar-refractivity contribution in [2.45, 2.75) is 33.1 Å². The Bertz CT molecular complexity index is 4280. The number of benzene rings is 10. The molecule has 6 nitrogen and oxygen atoms in total. The number of hydrogen-bond acceptors (Lipinski definition) is 6. The summed E-state index contributed by atoms with van der Waals surface area (Å²) in [6.07, 6.45) is 0. The van der Waals surface area contributed by atoms with E-state index >= 15 is 0 Å². The lowest BCUT2D eigenvalue weighted by atomic mass is 9.33. The van der Waals surface area contributed by atoms with Crippen LogP contribution in [0.2, 0.25) is 0 Å². The third-order valence-corrected chi connectivity index (χ3v) is 15.6. The van der Waals surface area contributed by atoms with Gasteiger partial charge in [-0.25, -0.2) is 0 Å². The summed E-state index contributed by atoms with van der Waals surface area (Å²) in [5, 5.41) is 4.50. The number of rotatable bonds is 5. The van der Waals surface area contributed by atoms with E-state index < -0.39 is 0 Å². The summed E-state index contributed by atoms with van der Waals surface area (Å²) in [6, 6.07) is 73.0. The standard InChI is InChI=1S/C67H49BN2O4/c1-40-32-58-66-59(33-40)70(57-39-65-64(71-30-31-72-65)38-52(57)42-12-6-5-7-13-42)56-29-23-46(67(2,3)4)37-54(56)68(66)53-34-43(45-21-27-51-49-15-9-11-17-61(49)74-63(51)36-45)22-28-55(53)69(58)47-24-18-41(19-25-47)44-20-26-50-48-14-8-10-16-60(48)73-62(50)35-44/h5-29,32-39H,30-31H2,1-4H3. The van der Waals surface area contributed by atoms with Gasteiger partial charge >= 0.3 is 0 Å². The Balaban J connectivity index is 0.970. The topological polar surface area (TPSA) is 51.2 Å². The first-order valence-electron chi connectivity index (χ1n) is 25.7. The molecule has 15 rings (SSSR count). The second kappa shape index (κ2) is 16.0. The Kier molecular flexibility index (Phi) is 9.26. The Hall–Kier alpha value is -8.94. The first-order chi connectivity index (χ1) is 36.2. The Labute approximate surface area is 429 Å². The number of fused-ring (bicyclic) bond motifs is 11. The minimum atomic E-state index is -0.109. The number of hydrogen-bond donors (Lipinski definition) is 0. The van der Waals surface area contributed by atoms with E-state index in [1.54, 1.807) is 0 Å². The highest BCUT2D eigenvalue weighted by Crippen LogP contribution is 2.51. The number of nitrogens with zero attached hydrogens (tertiary/aromatic N) is 2. The molecule has 12 aromatic rings. The molecular formula is C67H49BN2O4. The van der Waals surface area contributed by atoms with E-state index in [9.17, 15) is 0 Å². The van der Waals surface area contributed by atoms with Gasteiger partial charge in [0.1, 0.15) is 35.5 Å². The predicted octanol–water partition coefficient (Wildman–Crippen LogP) is 15.9. The molecule has 0 N–H and O–H groups in total. The molecule has 354 valence electrons. The maximum absolute atomic E-state index is 6.49. The summed E-state index contributed by atoms with van der Waals surface area (Å²) in [4.78, 5) is 5.00. The molecule has 3 aliphatic heterocycles. The van der Waals surface area contributed by atoms with Crippen molar-refractivity contribution in [3.63, 3.8) is 0 Å². The number of ether oxygens (including phenoxy) is 2. The molecule has 0 spiro atoms. The van der Waals surface area contributed by atoms with Crippen molar-refractivity contribution in [3.8, 4) is 44.9 Å². The van der Waals surface area contributed by atoms with Gasteiger partial charge in [-0.3, -0.25) is 0 Å². The summed E-state index contributed by atoms with van der Waals surface area (Å²) in [6.45, 7) is 10.1. The van der Waals surface area contributed by atoms with Crippen molar-refractivity contribution < 1.29 is 18.3 Å². The van der Waals surface area contributed by atoms with Gasteiger partial charge < -0.3 is 28.1 Å². The number of aryl methyl sites for hydroxylation is 1. The lowest BCUT2D eigenvalue weighted by Crippen LogP contribution is -2.61. The van der Waals surface area contributed by atoms with E-state index in [1.165, 1.54) is 22.0 Å². The first-order valence-corrected chi connectivity index (χ1v) is 25.7. The monoisotopic (exact) mass is 956 g/mol.